The summed E-state index contributed by atoms with van der Waals surface area (Å²) >= 11 is 0. The van der Waals surface area contributed by atoms with E-state index in [4.69, 9.17) is 4.74 Å². The van der Waals surface area contributed by atoms with E-state index in [1.165, 1.54) is 0 Å². The lowest BCUT2D eigenvalue weighted by molar-refractivity contribution is -0.243. The number of ketones is 1. The van der Waals surface area contributed by atoms with Crippen LogP contribution in [0.3, 0.4) is 0 Å². The molecule has 0 amide bonds. The summed E-state index contributed by atoms with van der Waals surface area (Å²) in [5.74, 6) is -0.162. The minimum atomic E-state index is -0.817. The highest BCUT2D eigenvalue weighted by molar-refractivity contribution is 5.92. The minimum Gasteiger partial charge on any atom is -0.385 e. The fourth-order valence-corrected chi connectivity index (χ4v) is 2.69. The molecule has 0 spiro atoms. The molecule has 1 saturated carbocycles. The van der Waals surface area contributed by atoms with Crippen molar-refractivity contribution in [3.05, 3.63) is 0 Å². The summed E-state index contributed by atoms with van der Waals surface area (Å²) in [6.07, 6.45) is 0.815. The van der Waals surface area contributed by atoms with E-state index in [1.807, 2.05) is 13.8 Å². The van der Waals surface area contributed by atoms with Gasteiger partial charge in [0.1, 0.15) is 11.7 Å². The van der Waals surface area contributed by atoms with Crippen LogP contribution in [0.2, 0.25) is 0 Å². The number of aliphatic hydroxyl groups excluding tert-OH is 1. The summed E-state index contributed by atoms with van der Waals surface area (Å²) in [6.45, 7) is 5.69. The van der Waals surface area contributed by atoms with Gasteiger partial charge in [0.2, 0.25) is 0 Å². The third-order valence-electron chi connectivity index (χ3n) is 3.48. The van der Waals surface area contributed by atoms with Gasteiger partial charge in [-0.2, -0.15) is 0 Å². The molecule has 3 atom stereocenters. The minimum absolute atomic E-state index is 0.0261. The Morgan fingerprint density at radius 3 is 2.54 bits per heavy atom. The van der Waals surface area contributed by atoms with Gasteiger partial charge in [0.15, 0.2) is 5.78 Å². The van der Waals surface area contributed by atoms with Crippen LogP contribution in [-0.4, -0.2) is 28.2 Å². The van der Waals surface area contributed by atoms with Crippen molar-refractivity contribution in [1.29, 1.82) is 0 Å². The zero-order valence-corrected chi connectivity index (χ0v) is 8.33. The molecule has 13 heavy (non-hydrogen) atoms. The highest BCUT2D eigenvalue weighted by atomic mass is 16.5. The van der Waals surface area contributed by atoms with E-state index in [-0.39, 0.29) is 17.3 Å². The van der Waals surface area contributed by atoms with E-state index in [0.717, 1.165) is 12.8 Å². The molecule has 0 aromatic carbocycles. The predicted octanol–water partition coefficient (Wildman–Crippen LogP) is 0.894. The molecule has 3 aliphatic rings. The molecular weight excluding hydrogens is 168 g/mol. The number of carbonyl (C=O) groups excluding carboxylic acids is 1. The van der Waals surface area contributed by atoms with Crippen LogP contribution in [0.4, 0.5) is 0 Å². The number of carbonyl (C=O) groups is 1. The Labute approximate surface area is 78.1 Å². The van der Waals surface area contributed by atoms with Crippen LogP contribution in [-0.2, 0) is 9.53 Å². The van der Waals surface area contributed by atoms with Gasteiger partial charge >= 0.3 is 0 Å². The van der Waals surface area contributed by atoms with E-state index in [1.54, 1.807) is 6.92 Å². The topological polar surface area (TPSA) is 46.5 Å². The molecule has 3 fully saturated rings. The molecule has 0 aromatic heterocycles. The standard InChI is InChI=1S/C10H16O3/c1-9(2)6-4-5-10(3,13-9)8(12)7(6)11/h6-7,11H,4-5H2,1-3H3/t6?,7-,10?/m0/s1. The van der Waals surface area contributed by atoms with Gasteiger partial charge in [0.25, 0.3) is 0 Å². The lowest BCUT2D eigenvalue weighted by atomic mass is 9.66. The highest BCUT2D eigenvalue weighted by Crippen LogP contribution is 2.47. The van der Waals surface area contributed by atoms with Crippen LogP contribution in [0.1, 0.15) is 33.6 Å². The first-order chi connectivity index (χ1) is 5.87. The number of ether oxygens (including phenoxy) is 1. The van der Waals surface area contributed by atoms with Crippen molar-refractivity contribution in [2.24, 2.45) is 5.92 Å². The summed E-state index contributed by atoms with van der Waals surface area (Å²) < 4.78 is 5.73. The number of aliphatic hydroxyl groups is 1. The largest absolute Gasteiger partial charge is 0.385 e. The smallest absolute Gasteiger partial charge is 0.193 e. The Morgan fingerprint density at radius 2 is 2.08 bits per heavy atom. The molecule has 1 N–H and O–H groups in total. The number of rotatable bonds is 0. The SMILES string of the molecule is CC12CCC([C@H](O)C1=O)C(C)(C)O2. The van der Waals surface area contributed by atoms with Gasteiger partial charge in [-0.15, -0.1) is 0 Å². The van der Waals surface area contributed by atoms with Crippen LogP contribution < -0.4 is 0 Å². The van der Waals surface area contributed by atoms with Crippen molar-refractivity contribution in [2.45, 2.75) is 50.9 Å². The van der Waals surface area contributed by atoms with Crippen molar-refractivity contribution < 1.29 is 14.6 Å². The number of hydrogen-bond donors (Lipinski definition) is 1. The Hall–Kier alpha value is -0.410. The molecule has 3 nitrogen and oxygen atoms in total. The molecule has 2 heterocycles. The van der Waals surface area contributed by atoms with Crippen molar-refractivity contribution in [1.82, 2.24) is 0 Å². The lowest BCUT2D eigenvalue weighted by Gasteiger charge is -2.54. The van der Waals surface area contributed by atoms with E-state index in [0.29, 0.717) is 0 Å². The molecule has 2 bridgehead atoms. The fraction of sp³-hybridized carbons (Fsp3) is 0.900. The van der Waals surface area contributed by atoms with Crippen LogP contribution in [0, 0.1) is 5.92 Å². The van der Waals surface area contributed by atoms with Crippen molar-refractivity contribution >= 4 is 5.78 Å². The van der Waals surface area contributed by atoms with Gasteiger partial charge in [0, 0.05) is 5.92 Å². The second kappa shape index (κ2) is 2.34. The fourth-order valence-electron chi connectivity index (χ4n) is 2.69. The zero-order valence-electron chi connectivity index (χ0n) is 8.33. The summed E-state index contributed by atoms with van der Waals surface area (Å²) in [5, 5.41) is 9.74. The summed E-state index contributed by atoms with van der Waals surface area (Å²) in [5.41, 5.74) is -1.10. The Morgan fingerprint density at radius 1 is 1.46 bits per heavy atom. The van der Waals surface area contributed by atoms with E-state index in [9.17, 15) is 9.90 Å². The van der Waals surface area contributed by atoms with Gasteiger partial charge in [-0.25, -0.2) is 0 Å². The molecule has 2 aliphatic heterocycles. The normalized spacial score (nSPS) is 48.2. The van der Waals surface area contributed by atoms with E-state index < -0.39 is 11.7 Å². The molecular formula is C10H16O3. The average molecular weight is 184 g/mol. The molecule has 2 unspecified atom stereocenters. The van der Waals surface area contributed by atoms with Gasteiger partial charge in [-0.1, -0.05) is 0 Å². The van der Waals surface area contributed by atoms with Gasteiger partial charge in [0.05, 0.1) is 5.60 Å². The second-order valence-electron chi connectivity index (χ2n) is 4.89. The van der Waals surface area contributed by atoms with Gasteiger partial charge < -0.3 is 9.84 Å². The Kier molecular flexibility index (Phi) is 1.65. The molecule has 74 valence electrons. The van der Waals surface area contributed by atoms with Crippen LogP contribution in [0.5, 0.6) is 0 Å². The number of Topliss-reactive ketones (excluding diaryl/α,β-unsaturated/α-hetero) is 1. The maximum Gasteiger partial charge on any atom is 0.193 e. The maximum atomic E-state index is 11.6. The maximum absolute atomic E-state index is 11.6. The Balaban J connectivity index is 2.39. The third kappa shape index (κ3) is 1.07. The summed E-state index contributed by atoms with van der Waals surface area (Å²) in [6, 6.07) is 0. The Bertz CT molecular complexity index is 259. The molecule has 1 aliphatic carbocycles. The summed E-state index contributed by atoms with van der Waals surface area (Å²) in [7, 11) is 0. The molecule has 3 heteroatoms. The first kappa shape index (κ1) is 9.16. The van der Waals surface area contributed by atoms with Crippen LogP contribution >= 0.6 is 0 Å². The molecule has 2 saturated heterocycles. The predicted molar refractivity (Wildman–Crippen MR) is 47.3 cm³/mol. The van der Waals surface area contributed by atoms with Crippen LogP contribution in [0.15, 0.2) is 0 Å². The first-order valence-corrected chi connectivity index (χ1v) is 4.79. The number of fused-ring (bicyclic) bond motifs is 3. The zero-order chi connectivity index (χ0) is 9.85. The lowest BCUT2D eigenvalue weighted by Crippen LogP contribution is -2.66. The van der Waals surface area contributed by atoms with Crippen molar-refractivity contribution in [3.8, 4) is 0 Å². The highest BCUT2D eigenvalue weighted by Gasteiger charge is 2.58. The third-order valence-corrected chi connectivity index (χ3v) is 3.48. The number of hydrogen-bond acceptors (Lipinski definition) is 3. The second-order valence-corrected chi connectivity index (χ2v) is 4.89. The monoisotopic (exact) mass is 184 g/mol. The van der Waals surface area contributed by atoms with E-state index in [2.05, 4.69) is 0 Å². The van der Waals surface area contributed by atoms with Crippen LogP contribution in [0.25, 0.3) is 0 Å². The summed E-state index contributed by atoms with van der Waals surface area (Å²) in [4.78, 5) is 11.6. The van der Waals surface area contributed by atoms with E-state index >= 15 is 0 Å². The van der Waals surface area contributed by atoms with Gasteiger partial charge in [-0.05, 0) is 33.6 Å². The van der Waals surface area contributed by atoms with Crippen molar-refractivity contribution in [3.63, 3.8) is 0 Å². The molecule has 0 aromatic rings. The molecule has 0 radical (unpaired) electrons. The quantitative estimate of drug-likeness (QED) is 0.608. The van der Waals surface area contributed by atoms with Crippen molar-refractivity contribution in [2.75, 3.05) is 0 Å². The average Bonchev–Trinajstić information content (AvgIpc) is 1.97. The first-order valence-electron chi connectivity index (χ1n) is 4.79. The molecule has 3 rings (SSSR count). The van der Waals surface area contributed by atoms with Gasteiger partial charge in [-0.3, -0.25) is 4.79 Å².